The summed E-state index contributed by atoms with van der Waals surface area (Å²) in [6.07, 6.45) is -6.25. The molecule has 2 rings (SSSR count). The highest BCUT2D eigenvalue weighted by Gasteiger charge is 2.52. The molecular formula is C21H25FN2O9S. The van der Waals surface area contributed by atoms with Crippen molar-refractivity contribution in [3.63, 3.8) is 0 Å². The molecule has 0 bridgehead atoms. The number of anilines is 1. The van der Waals surface area contributed by atoms with Crippen LogP contribution in [0.2, 0.25) is 0 Å². The summed E-state index contributed by atoms with van der Waals surface area (Å²) in [6, 6.07) is 5.32. The van der Waals surface area contributed by atoms with Crippen molar-refractivity contribution in [3.8, 4) is 0 Å². The molecule has 1 saturated heterocycles. The van der Waals surface area contributed by atoms with Gasteiger partial charge in [0.25, 0.3) is 0 Å². The van der Waals surface area contributed by atoms with Crippen LogP contribution in [0.25, 0.3) is 0 Å². The Labute approximate surface area is 200 Å². The summed E-state index contributed by atoms with van der Waals surface area (Å²) in [5.41, 5.74) is 0.449. The number of esters is 4. The van der Waals surface area contributed by atoms with E-state index in [0.29, 0.717) is 5.69 Å². The van der Waals surface area contributed by atoms with E-state index < -0.39 is 60.3 Å². The van der Waals surface area contributed by atoms with Gasteiger partial charge in [0.05, 0.1) is 0 Å². The second kappa shape index (κ2) is 12.2. The molecule has 0 unspecified atom stereocenters. The van der Waals surface area contributed by atoms with E-state index in [4.69, 9.17) is 35.9 Å². The minimum atomic E-state index is -1.33. The minimum Gasteiger partial charge on any atom is -0.463 e. The topological polar surface area (TPSA) is 138 Å². The number of carbonyl (C=O) groups excluding carboxylic acids is 4. The zero-order valence-corrected chi connectivity index (χ0v) is 19.7. The number of benzene rings is 1. The summed E-state index contributed by atoms with van der Waals surface area (Å²) in [7, 11) is 0. The van der Waals surface area contributed by atoms with Crippen molar-refractivity contribution in [2.45, 2.75) is 58.3 Å². The standard InChI is InChI=1S/C21H25FN2O9S/c1-10(25)29-9-16-17(30-11(2)26)18(31-12(3)27)19(32-13(4)28)20(33-16)24-21(34)23-15-7-5-14(22)6-8-15/h5-8,16-20H,9H2,1-4H3,(H2,23,24,34)/t16-,17-,18+,19-,20-/m1/s1. The first-order valence-corrected chi connectivity index (χ1v) is 10.5. The third-order valence-electron chi connectivity index (χ3n) is 4.37. The predicted octanol–water partition coefficient (Wildman–Crippen LogP) is 1.20. The van der Waals surface area contributed by atoms with Gasteiger partial charge in [0.1, 0.15) is 18.5 Å². The van der Waals surface area contributed by atoms with E-state index in [9.17, 15) is 23.6 Å². The van der Waals surface area contributed by atoms with Crippen LogP contribution in [0.1, 0.15) is 27.7 Å². The second-order valence-electron chi connectivity index (χ2n) is 7.23. The molecule has 0 spiro atoms. The molecule has 186 valence electrons. The minimum absolute atomic E-state index is 0.00694. The zero-order chi connectivity index (χ0) is 25.4. The van der Waals surface area contributed by atoms with E-state index in [0.717, 1.165) is 20.8 Å². The first-order chi connectivity index (χ1) is 16.0. The fourth-order valence-electron chi connectivity index (χ4n) is 3.17. The fraction of sp³-hybridized carbons (Fsp3) is 0.476. The van der Waals surface area contributed by atoms with Crippen molar-refractivity contribution in [2.75, 3.05) is 11.9 Å². The largest absolute Gasteiger partial charge is 0.463 e. The van der Waals surface area contributed by atoms with Crippen molar-refractivity contribution in [3.05, 3.63) is 30.1 Å². The third kappa shape index (κ3) is 8.23. The summed E-state index contributed by atoms with van der Waals surface area (Å²) in [5, 5.41) is 5.59. The summed E-state index contributed by atoms with van der Waals surface area (Å²) in [6.45, 7) is 4.18. The lowest BCUT2D eigenvalue weighted by molar-refractivity contribution is -0.254. The van der Waals surface area contributed by atoms with E-state index >= 15 is 0 Å². The van der Waals surface area contributed by atoms with Crippen LogP contribution in [-0.4, -0.2) is 66.2 Å². The molecule has 1 heterocycles. The lowest BCUT2D eigenvalue weighted by atomic mass is 9.97. The van der Waals surface area contributed by atoms with E-state index in [1.54, 1.807) is 0 Å². The van der Waals surface area contributed by atoms with E-state index in [1.165, 1.54) is 31.2 Å². The number of carbonyl (C=O) groups is 4. The number of rotatable bonds is 7. The Bertz CT molecular complexity index is 927. The summed E-state index contributed by atoms with van der Waals surface area (Å²) < 4.78 is 40.0. The molecule has 0 saturated carbocycles. The maximum atomic E-state index is 13.2. The van der Waals surface area contributed by atoms with Crippen LogP contribution >= 0.6 is 12.2 Å². The Hall–Kier alpha value is -3.32. The SMILES string of the molecule is CC(=O)OC[C@H]1O[C@@H](NC(=S)Nc2ccc(F)cc2)[C@H](OC(C)=O)[C@@H](OC(C)=O)[C@@H]1OC(C)=O. The maximum absolute atomic E-state index is 13.2. The van der Waals surface area contributed by atoms with E-state index in [-0.39, 0.29) is 11.7 Å². The van der Waals surface area contributed by atoms with Gasteiger partial charge >= 0.3 is 23.9 Å². The van der Waals surface area contributed by atoms with Crippen LogP contribution in [0.5, 0.6) is 0 Å². The van der Waals surface area contributed by atoms with Gasteiger partial charge in [0, 0.05) is 33.4 Å². The van der Waals surface area contributed by atoms with E-state index in [2.05, 4.69) is 10.6 Å². The molecule has 0 aliphatic carbocycles. The molecule has 13 heteroatoms. The van der Waals surface area contributed by atoms with Crippen LogP contribution in [0.4, 0.5) is 10.1 Å². The van der Waals surface area contributed by atoms with Gasteiger partial charge in [-0.25, -0.2) is 4.39 Å². The quantitative estimate of drug-likeness (QED) is 0.316. The molecule has 0 aromatic heterocycles. The molecule has 34 heavy (non-hydrogen) atoms. The average molecular weight is 501 g/mol. The first kappa shape index (κ1) is 26.9. The van der Waals surface area contributed by atoms with Gasteiger partial charge in [-0.3, -0.25) is 19.2 Å². The fourth-order valence-corrected chi connectivity index (χ4v) is 3.41. The molecule has 1 aromatic rings. The Morgan fingerprint density at radius 2 is 1.41 bits per heavy atom. The molecule has 0 amide bonds. The van der Waals surface area contributed by atoms with Crippen LogP contribution in [0, 0.1) is 5.82 Å². The molecule has 2 N–H and O–H groups in total. The number of hydrogen-bond donors (Lipinski definition) is 2. The molecule has 1 aliphatic rings. The lowest BCUT2D eigenvalue weighted by Gasteiger charge is -2.44. The number of thiocarbonyl (C=S) groups is 1. The Morgan fingerprint density at radius 3 is 1.94 bits per heavy atom. The predicted molar refractivity (Wildman–Crippen MR) is 118 cm³/mol. The summed E-state index contributed by atoms with van der Waals surface area (Å²) >= 11 is 5.27. The molecule has 1 fully saturated rings. The lowest BCUT2D eigenvalue weighted by Crippen LogP contribution is -2.66. The Morgan fingerprint density at radius 1 is 0.882 bits per heavy atom. The zero-order valence-electron chi connectivity index (χ0n) is 18.9. The summed E-state index contributed by atoms with van der Waals surface area (Å²) in [5.74, 6) is -3.30. The average Bonchev–Trinajstić information content (AvgIpc) is 2.71. The number of ether oxygens (including phenoxy) is 5. The van der Waals surface area contributed by atoms with Gasteiger partial charge in [-0.05, 0) is 36.5 Å². The number of halogens is 1. The van der Waals surface area contributed by atoms with Gasteiger partial charge < -0.3 is 34.3 Å². The molecule has 5 atom stereocenters. The monoisotopic (exact) mass is 500 g/mol. The van der Waals surface area contributed by atoms with Gasteiger partial charge in [0.15, 0.2) is 29.7 Å². The van der Waals surface area contributed by atoms with Crippen molar-refractivity contribution in [1.82, 2.24) is 5.32 Å². The van der Waals surface area contributed by atoms with Crippen LogP contribution < -0.4 is 10.6 Å². The van der Waals surface area contributed by atoms with Crippen LogP contribution in [0.3, 0.4) is 0 Å². The van der Waals surface area contributed by atoms with Gasteiger partial charge in [-0.1, -0.05) is 0 Å². The molecule has 0 radical (unpaired) electrons. The van der Waals surface area contributed by atoms with Crippen molar-refractivity contribution >= 4 is 46.9 Å². The highest BCUT2D eigenvalue weighted by molar-refractivity contribution is 7.80. The van der Waals surface area contributed by atoms with Gasteiger partial charge in [-0.15, -0.1) is 0 Å². The highest BCUT2D eigenvalue weighted by Crippen LogP contribution is 2.28. The van der Waals surface area contributed by atoms with Crippen molar-refractivity contribution in [1.29, 1.82) is 0 Å². The van der Waals surface area contributed by atoms with Gasteiger partial charge in [0.2, 0.25) is 0 Å². The van der Waals surface area contributed by atoms with Crippen LogP contribution in [0.15, 0.2) is 24.3 Å². The van der Waals surface area contributed by atoms with Crippen molar-refractivity contribution < 1.29 is 47.3 Å². The van der Waals surface area contributed by atoms with Crippen molar-refractivity contribution in [2.24, 2.45) is 0 Å². The third-order valence-corrected chi connectivity index (χ3v) is 4.59. The Kier molecular flexibility index (Phi) is 9.69. The number of nitrogens with one attached hydrogen (secondary N) is 2. The molecule has 1 aromatic carbocycles. The molecular weight excluding hydrogens is 475 g/mol. The Balaban J connectivity index is 2.35. The second-order valence-corrected chi connectivity index (χ2v) is 7.63. The molecule has 11 nitrogen and oxygen atoms in total. The number of hydrogen-bond acceptors (Lipinski definition) is 10. The first-order valence-electron chi connectivity index (χ1n) is 10.1. The normalized spacial score (nSPS) is 23.7. The van der Waals surface area contributed by atoms with E-state index in [1.807, 2.05) is 0 Å². The summed E-state index contributed by atoms with van der Waals surface area (Å²) in [4.78, 5) is 46.7. The maximum Gasteiger partial charge on any atom is 0.303 e. The smallest absolute Gasteiger partial charge is 0.303 e. The molecule has 1 aliphatic heterocycles. The highest BCUT2D eigenvalue weighted by atomic mass is 32.1. The van der Waals surface area contributed by atoms with Gasteiger partial charge in [-0.2, -0.15) is 0 Å². The van der Waals surface area contributed by atoms with Crippen LogP contribution in [-0.2, 0) is 42.9 Å².